The normalized spacial score (nSPS) is 10.9. The molecule has 0 aliphatic heterocycles. The maximum absolute atomic E-state index is 12.8. The molecule has 0 aliphatic carbocycles. The lowest BCUT2D eigenvalue weighted by molar-refractivity contribution is 0.671. The molecule has 0 amide bonds. The Morgan fingerprint density at radius 1 is 1.21 bits per heavy atom. The standard InChI is InChI=1S/C19H17IN2OS/c1-2-11-22-18(23)16-13-15(20)8-9-17(16)21-19(22)24-12-10-14-6-4-3-5-7-14/h2-9,13H,1,10-12H2. The van der Waals surface area contributed by atoms with Gasteiger partial charge in [0.2, 0.25) is 0 Å². The van der Waals surface area contributed by atoms with Crippen molar-refractivity contribution in [3.63, 3.8) is 0 Å². The van der Waals surface area contributed by atoms with Crippen LogP contribution in [0.1, 0.15) is 5.56 Å². The zero-order chi connectivity index (χ0) is 16.9. The first-order valence-electron chi connectivity index (χ1n) is 7.67. The first-order chi connectivity index (χ1) is 11.7. The minimum atomic E-state index is 0.000581. The summed E-state index contributed by atoms with van der Waals surface area (Å²) in [6, 6.07) is 16.1. The molecule has 2 aromatic carbocycles. The van der Waals surface area contributed by atoms with Crippen molar-refractivity contribution in [1.29, 1.82) is 0 Å². The van der Waals surface area contributed by atoms with Crippen LogP contribution in [0.4, 0.5) is 0 Å². The topological polar surface area (TPSA) is 34.9 Å². The summed E-state index contributed by atoms with van der Waals surface area (Å²) in [4.78, 5) is 17.5. The third-order valence-corrected chi connectivity index (χ3v) is 5.31. The van der Waals surface area contributed by atoms with Gasteiger partial charge in [0.1, 0.15) is 0 Å². The van der Waals surface area contributed by atoms with Crippen molar-refractivity contribution >= 4 is 45.3 Å². The average molecular weight is 448 g/mol. The molecule has 122 valence electrons. The van der Waals surface area contributed by atoms with Crippen molar-refractivity contribution < 1.29 is 0 Å². The van der Waals surface area contributed by atoms with Crippen LogP contribution >= 0.6 is 34.4 Å². The summed E-state index contributed by atoms with van der Waals surface area (Å²) in [5.74, 6) is 0.878. The highest BCUT2D eigenvalue weighted by atomic mass is 127. The van der Waals surface area contributed by atoms with Gasteiger partial charge in [-0.3, -0.25) is 9.36 Å². The summed E-state index contributed by atoms with van der Waals surface area (Å²) >= 11 is 3.83. The van der Waals surface area contributed by atoms with Crippen molar-refractivity contribution in [2.24, 2.45) is 0 Å². The van der Waals surface area contributed by atoms with Crippen LogP contribution in [0.5, 0.6) is 0 Å². The highest BCUT2D eigenvalue weighted by molar-refractivity contribution is 14.1. The summed E-state index contributed by atoms with van der Waals surface area (Å²) in [6.07, 6.45) is 2.68. The van der Waals surface area contributed by atoms with Crippen LogP contribution in [0.15, 0.2) is 71.1 Å². The molecular formula is C19H17IN2OS. The van der Waals surface area contributed by atoms with E-state index in [0.717, 1.165) is 26.4 Å². The molecule has 24 heavy (non-hydrogen) atoms. The van der Waals surface area contributed by atoms with E-state index in [2.05, 4.69) is 41.3 Å². The molecule has 0 aliphatic rings. The van der Waals surface area contributed by atoms with Gasteiger partial charge in [-0.1, -0.05) is 48.2 Å². The molecule has 0 saturated carbocycles. The number of aryl methyl sites for hydroxylation is 1. The van der Waals surface area contributed by atoms with Crippen LogP contribution in [0, 0.1) is 3.57 Å². The molecule has 3 nitrogen and oxygen atoms in total. The highest BCUT2D eigenvalue weighted by Crippen LogP contribution is 2.20. The van der Waals surface area contributed by atoms with Gasteiger partial charge in [0, 0.05) is 15.9 Å². The van der Waals surface area contributed by atoms with Crippen molar-refractivity contribution in [1.82, 2.24) is 9.55 Å². The maximum Gasteiger partial charge on any atom is 0.262 e. The van der Waals surface area contributed by atoms with Crippen molar-refractivity contribution in [2.45, 2.75) is 18.1 Å². The van der Waals surface area contributed by atoms with Crippen LogP contribution < -0.4 is 5.56 Å². The van der Waals surface area contributed by atoms with Crippen LogP contribution in [-0.2, 0) is 13.0 Å². The molecule has 0 spiro atoms. The first kappa shape index (κ1) is 17.2. The molecule has 0 N–H and O–H groups in total. The lowest BCUT2D eigenvalue weighted by atomic mass is 10.2. The number of benzene rings is 2. The Labute approximate surface area is 159 Å². The molecule has 0 atom stereocenters. The van der Waals surface area contributed by atoms with E-state index in [-0.39, 0.29) is 5.56 Å². The van der Waals surface area contributed by atoms with Crippen LogP contribution in [0.2, 0.25) is 0 Å². The van der Waals surface area contributed by atoms with Crippen molar-refractivity contribution in [3.05, 3.63) is 80.7 Å². The first-order valence-corrected chi connectivity index (χ1v) is 9.73. The number of nitrogens with zero attached hydrogens (tertiary/aromatic N) is 2. The van der Waals surface area contributed by atoms with E-state index in [9.17, 15) is 4.79 Å². The van der Waals surface area contributed by atoms with E-state index in [0.29, 0.717) is 11.9 Å². The van der Waals surface area contributed by atoms with Gasteiger partial charge >= 0.3 is 0 Å². The molecule has 3 rings (SSSR count). The fourth-order valence-electron chi connectivity index (χ4n) is 2.48. The summed E-state index contributed by atoms with van der Waals surface area (Å²) in [6.45, 7) is 4.24. The van der Waals surface area contributed by atoms with Gasteiger partial charge in [-0.25, -0.2) is 4.98 Å². The molecule has 1 aromatic heterocycles. The quantitative estimate of drug-likeness (QED) is 0.241. The molecule has 0 fully saturated rings. The second-order valence-electron chi connectivity index (χ2n) is 5.34. The van der Waals surface area contributed by atoms with Crippen LogP contribution in [0.25, 0.3) is 10.9 Å². The second kappa shape index (κ2) is 7.98. The number of halogens is 1. The van der Waals surface area contributed by atoms with E-state index in [1.807, 2.05) is 36.4 Å². The molecule has 0 saturated heterocycles. The number of hydrogen-bond acceptors (Lipinski definition) is 3. The lowest BCUT2D eigenvalue weighted by Crippen LogP contribution is -2.23. The fraction of sp³-hybridized carbons (Fsp3) is 0.158. The number of hydrogen-bond donors (Lipinski definition) is 0. The predicted molar refractivity (Wildman–Crippen MR) is 110 cm³/mol. The zero-order valence-corrected chi connectivity index (χ0v) is 16.1. The molecule has 0 radical (unpaired) electrons. The lowest BCUT2D eigenvalue weighted by Gasteiger charge is -2.11. The minimum Gasteiger partial charge on any atom is -0.283 e. The molecule has 0 unspecified atom stereocenters. The summed E-state index contributed by atoms with van der Waals surface area (Å²) in [5, 5.41) is 1.42. The average Bonchev–Trinajstić information content (AvgIpc) is 2.60. The third-order valence-electron chi connectivity index (χ3n) is 3.66. The largest absolute Gasteiger partial charge is 0.283 e. The van der Waals surface area contributed by atoms with Gasteiger partial charge in [0.15, 0.2) is 5.16 Å². The molecule has 0 bridgehead atoms. The van der Waals surface area contributed by atoms with Gasteiger partial charge in [-0.2, -0.15) is 0 Å². The van der Waals surface area contributed by atoms with E-state index < -0.39 is 0 Å². The summed E-state index contributed by atoms with van der Waals surface area (Å²) in [5.41, 5.74) is 2.04. The second-order valence-corrected chi connectivity index (χ2v) is 7.65. The Hall–Kier alpha value is -1.60. The van der Waals surface area contributed by atoms with Gasteiger partial charge in [-0.05, 0) is 52.8 Å². The van der Waals surface area contributed by atoms with Gasteiger partial charge in [-0.15, -0.1) is 6.58 Å². The van der Waals surface area contributed by atoms with Crippen molar-refractivity contribution in [3.8, 4) is 0 Å². The van der Waals surface area contributed by atoms with E-state index in [1.165, 1.54) is 5.56 Å². The molecule has 5 heteroatoms. The SMILES string of the molecule is C=CCn1c(SCCc2ccccc2)nc2ccc(I)cc2c1=O. The summed E-state index contributed by atoms with van der Waals surface area (Å²) in [7, 11) is 0. The van der Waals surface area contributed by atoms with Gasteiger partial charge in [0.25, 0.3) is 5.56 Å². The van der Waals surface area contributed by atoms with Crippen LogP contribution in [-0.4, -0.2) is 15.3 Å². The third kappa shape index (κ3) is 3.89. The number of thioether (sulfide) groups is 1. The monoisotopic (exact) mass is 448 g/mol. The highest BCUT2D eigenvalue weighted by Gasteiger charge is 2.11. The Kier molecular flexibility index (Phi) is 5.73. The molecular weight excluding hydrogens is 431 g/mol. The van der Waals surface area contributed by atoms with Crippen LogP contribution in [0.3, 0.4) is 0 Å². The number of aromatic nitrogens is 2. The minimum absolute atomic E-state index is 0.000581. The smallest absolute Gasteiger partial charge is 0.262 e. The Bertz CT molecular complexity index is 922. The fourth-order valence-corrected chi connectivity index (χ4v) is 3.97. The van der Waals surface area contributed by atoms with E-state index in [4.69, 9.17) is 4.98 Å². The number of rotatable bonds is 6. The predicted octanol–water partition coefficient (Wildman–Crippen LogP) is 4.52. The van der Waals surface area contributed by atoms with Gasteiger partial charge < -0.3 is 0 Å². The van der Waals surface area contributed by atoms with Crippen molar-refractivity contribution in [2.75, 3.05) is 5.75 Å². The Morgan fingerprint density at radius 2 is 2.00 bits per heavy atom. The zero-order valence-electron chi connectivity index (χ0n) is 13.1. The maximum atomic E-state index is 12.8. The van der Waals surface area contributed by atoms with E-state index >= 15 is 0 Å². The number of allylic oxidation sites excluding steroid dienone is 1. The Morgan fingerprint density at radius 3 is 2.75 bits per heavy atom. The summed E-state index contributed by atoms with van der Waals surface area (Å²) < 4.78 is 2.75. The van der Waals surface area contributed by atoms with E-state index in [1.54, 1.807) is 22.4 Å². The molecule has 3 aromatic rings. The number of fused-ring (bicyclic) bond motifs is 1. The molecule has 1 heterocycles. The van der Waals surface area contributed by atoms with Gasteiger partial charge in [0.05, 0.1) is 10.9 Å². The Balaban J connectivity index is 1.91.